The molecule has 0 aliphatic heterocycles. The average molecular weight is 165 g/mol. The minimum absolute atomic E-state index is 0.125. The molecule has 1 unspecified atom stereocenters. The minimum atomic E-state index is 0.125. The van der Waals surface area contributed by atoms with E-state index in [1.54, 1.807) is 7.11 Å². The lowest BCUT2D eigenvalue weighted by Crippen LogP contribution is -2.08. The van der Waals surface area contributed by atoms with Gasteiger partial charge in [-0.15, -0.1) is 0 Å². The first-order valence-electron chi connectivity index (χ1n) is 4.17. The summed E-state index contributed by atoms with van der Waals surface area (Å²) in [5.74, 6) is 0.872. The maximum absolute atomic E-state index is 5.86. The summed E-state index contributed by atoms with van der Waals surface area (Å²) in [5.41, 5.74) is 7.00. The molecule has 12 heavy (non-hydrogen) atoms. The van der Waals surface area contributed by atoms with Crippen molar-refractivity contribution >= 4 is 0 Å². The first kappa shape index (κ1) is 9.07. The van der Waals surface area contributed by atoms with Crippen LogP contribution in [0.4, 0.5) is 0 Å². The zero-order valence-electron chi connectivity index (χ0n) is 7.58. The molecule has 0 amide bonds. The van der Waals surface area contributed by atoms with Gasteiger partial charge in [-0.1, -0.05) is 19.1 Å². The summed E-state index contributed by atoms with van der Waals surface area (Å²) in [6.07, 6.45) is 0.952. The Balaban J connectivity index is 2.86. The van der Waals surface area contributed by atoms with E-state index in [1.807, 2.05) is 24.3 Å². The van der Waals surface area contributed by atoms with Crippen LogP contribution < -0.4 is 10.5 Å². The molecular weight excluding hydrogens is 150 g/mol. The maximum atomic E-state index is 5.86. The lowest BCUT2D eigenvalue weighted by molar-refractivity contribution is 0.413. The highest BCUT2D eigenvalue weighted by Crippen LogP contribution is 2.18. The molecular formula is C10H15NO. The fraction of sp³-hybridized carbons (Fsp3) is 0.400. The zero-order valence-corrected chi connectivity index (χ0v) is 7.58. The van der Waals surface area contributed by atoms with E-state index < -0.39 is 0 Å². The molecule has 0 saturated heterocycles. The molecule has 0 aromatic heterocycles. The number of benzene rings is 1. The fourth-order valence-electron chi connectivity index (χ4n) is 1.11. The van der Waals surface area contributed by atoms with Crippen LogP contribution in [0.2, 0.25) is 0 Å². The molecule has 66 valence electrons. The van der Waals surface area contributed by atoms with E-state index in [1.165, 1.54) is 0 Å². The molecule has 1 rings (SSSR count). The van der Waals surface area contributed by atoms with Crippen LogP contribution in [0.5, 0.6) is 5.75 Å². The van der Waals surface area contributed by atoms with Gasteiger partial charge in [-0.05, 0) is 24.1 Å². The second-order valence-corrected chi connectivity index (χ2v) is 2.79. The van der Waals surface area contributed by atoms with Gasteiger partial charge >= 0.3 is 0 Å². The number of rotatable bonds is 3. The molecule has 1 aromatic rings. The number of ether oxygens (including phenoxy) is 1. The summed E-state index contributed by atoms with van der Waals surface area (Å²) in [6, 6.07) is 8.01. The summed E-state index contributed by atoms with van der Waals surface area (Å²) >= 11 is 0. The van der Waals surface area contributed by atoms with Gasteiger partial charge in [0.1, 0.15) is 5.75 Å². The number of methoxy groups -OCH3 is 1. The van der Waals surface area contributed by atoms with Gasteiger partial charge in [0, 0.05) is 6.04 Å². The first-order chi connectivity index (χ1) is 5.77. The molecule has 0 spiro atoms. The van der Waals surface area contributed by atoms with Crippen molar-refractivity contribution in [2.45, 2.75) is 19.4 Å². The van der Waals surface area contributed by atoms with Crippen LogP contribution in [-0.2, 0) is 0 Å². The van der Waals surface area contributed by atoms with Crippen LogP contribution in [-0.4, -0.2) is 7.11 Å². The molecule has 0 fully saturated rings. The maximum Gasteiger partial charge on any atom is 0.119 e. The van der Waals surface area contributed by atoms with Crippen molar-refractivity contribution in [3.05, 3.63) is 29.8 Å². The van der Waals surface area contributed by atoms with Crippen LogP contribution in [0.3, 0.4) is 0 Å². The van der Waals surface area contributed by atoms with Crippen molar-refractivity contribution in [3.63, 3.8) is 0 Å². The Morgan fingerprint density at radius 2 is 2.25 bits per heavy atom. The lowest BCUT2D eigenvalue weighted by Gasteiger charge is -2.09. The predicted octanol–water partition coefficient (Wildman–Crippen LogP) is 2.10. The third kappa shape index (κ3) is 1.98. The van der Waals surface area contributed by atoms with E-state index in [0.29, 0.717) is 0 Å². The molecule has 0 aliphatic rings. The molecule has 1 atom stereocenters. The minimum Gasteiger partial charge on any atom is -0.497 e. The number of hydrogen-bond acceptors (Lipinski definition) is 2. The SMILES string of the molecule is CCC(N)c1cccc(OC)c1. The van der Waals surface area contributed by atoms with Gasteiger partial charge in [0.05, 0.1) is 7.11 Å². The number of hydrogen-bond donors (Lipinski definition) is 1. The molecule has 0 saturated carbocycles. The van der Waals surface area contributed by atoms with Crippen LogP contribution in [0.25, 0.3) is 0 Å². The van der Waals surface area contributed by atoms with Crippen molar-refractivity contribution in [3.8, 4) is 5.75 Å². The molecule has 2 heteroatoms. The lowest BCUT2D eigenvalue weighted by atomic mass is 10.1. The van der Waals surface area contributed by atoms with Gasteiger partial charge < -0.3 is 10.5 Å². The summed E-state index contributed by atoms with van der Waals surface area (Å²) in [5, 5.41) is 0. The Labute approximate surface area is 73.3 Å². The van der Waals surface area contributed by atoms with Crippen LogP contribution in [0, 0.1) is 0 Å². The van der Waals surface area contributed by atoms with Gasteiger partial charge in [-0.3, -0.25) is 0 Å². The third-order valence-corrected chi connectivity index (χ3v) is 1.96. The van der Waals surface area contributed by atoms with E-state index in [2.05, 4.69) is 6.92 Å². The van der Waals surface area contributed by atoms with E-state index in [4.69, 9.17) is 10.5 Å². The molecule has 0 aliphatic carbocycles. The summed E-state index contributed by atoms with van der Waals surface area (Å²) in [6.45, 7) is 2.07. The van der Waals surface area contributed by atoms with Crippen LogP contribution in [0.15, 0.2) is 24.3 Å². The normalized spacial score (nSPS) is 12.6. The summed E-state index contributed by atoms with van der Waals surface area (Å²) in [7, 11) is 1.66. The van der Waals surface area contributed by atoms with Crippen LogP contribution in [0.1, 0.15) is 24.9 Å². The molecule has 0 bridgehead atoms. The highest BCUT2D eigenvalue weighted by molar-refractivity contribution is 5.30. The summed E-state index contributed by atoms with van der Waals surface area (Å²) < 4.78 is 5.09. The Bertz CT molecular complexity index is 247. The molecule has 0 radical (unpaired) electrons. The fourth-order valence-corrected chi connectivity index (χ4v) is 1.11. The van der Waals surface area contributed by atoms with Crippen molar-refractivity contribution in [2.24, 2.45) is 5.73 Å². The van der Waals surface area contributed by atoms with Gasteiger partial charge in [0.15, 0.2) is 0 Å². The third-order valence-electron chi connectivity index (χ3n) is 1.96. The smallest absolute Gasteiger partial charge is 0.119 e. The molecule has 2 nitrogen and oxygen atoms in total. The van der Waals surface area contributed by atoms with Crippen molar-refractivity contribution < 1.29 is 4.74 Å². The van der Waals surface area contributed by atoms with Gasteiger partial charge in [0.2, 0.25) is 0 Å². The van der Waals surface area contributed by atoms with Crippen molar-refractivity contribution in [1.29, 1.82) is 0 Å². The Kier molecular flexibility index (Phi) is 3.11. The largest absolute Gasteiger partial charge is 0.497 e. The second kappa shape index (κ2) is 4.12. The Morgan fingerprint density at radius 3 is 2.83 bits per heavy atom. The van der Waals surface area contributed by atoms with Gasteiger partial charge in [-0.25, -0.2) is 0 Å². The van der Waals surface area contributed by atoms with Gasteiger partial charge in [-0.2, -0.15) is 0 Å². The molecule has 2 N–H and O–H groups in total. The monoisotopic (exact) mass is 165 g/mol. The van der Waals surface area contributed by atoms with Crippen molar-refractivity contribution in [2.75, 3.05) is 7.11 Å². The Hall–Kier alpha value is -1.02. The highest BCUT2D eigenvalue weighted by atomic mass is 16.5. The summed E-state index contributed by atoms with van der Waals surface area (Å²) in [4.78, 5) is 0. The average Bonchev–Trinajstić information content (AvgIpc) is 2.17. The van der Waals surface area contributed by atoms with E-state index >= 15 is 0 Å². The number of nitrogens with two attached hydrogens (primary N) is 1. The van der Waals surface area contributed by atoms with Gasteiger partial charge in [0.25, 0.3) is 0 Å². The molecule has 0 heterocycles. The topological polar surface area (TPSA) is 35.2 Å². The predicted molar refractivity (Wildman–Crippen MR) is 50.2 cm³/mol. The van der Waals surface area contributed by atoms with E-state index in [0.717, 1.165) is 17.7 Å². The standard InChI is InChI=1S/C10H15NO/c1-3-10(11)8-5-4-6-9(7-8)12-2/h4-7,10H,3,11H2,1-2H3. The van der Waals surface area contributed by atoms with E-state index in [9.17, 15) is 0 Å². The zero-order chi connectivity index (χ0) is 8.97. The van der Waals surface area contributed by atoms with Crippen molar-refractivity contribution in [1.82, 2.24) is 0 Å². The highest BCUT2D eigenvalue weighted by Gasteiger charge is 2.02. The molecule has 1 aromatic carbocycles. The first-order valence-corrected chi connectivity index (χ1v) is 4.17. The van der Waals surface area contributed by atoms with Crippen LogP contribution >= 0.6 is 0 Å². The Morgan fingerprint density at radius 1 is 1.50 bits per heavy atom. The second-order valence-electron chi connectivity index (χ2n) is 2.79. The van der Waals surface area contributed by atoms with E-state index in [-0.39, 0.29) is 6.04 Å². The quantitative estimate of drug-likeness (QED) is 0.744.